The van der Waals surface area contributed by atoms with Crippen molar-refractivity contribution in [3.63, 3.8) is 0 Å². The molecule has 0 atom stereocenters. The first-order valence-electron chi connectivity index (χ1n) is 4.68. The first-order valence-corrected chi connectivity index (χ1v) is 4.68. The molecule has 4 nitrogen and oxygen atoms in total. The molecule has 0 fully saturated rings. The van der Waals surface area contributed by atoms with Crippen molar-refractivity contribution in [1.82, 2.24) is 0 Å². The standard InChI is InChI=1S/C11H15NO3/c1-7(2)15-10-5-8(11(13)14-3)4-9(12)6-10/h4-7H,12H2,1-3H3. The third kappa shape index (κ3) is 3.16. The van der Waals surface area contributed by atoms with Crippen LogP contribution in [0.5, 0.6) is 5.75 Å². The molecule has 0 amide bonds. The highest BCUT2D eigenvalue weighted by atomic mass is 16.5. The molecular weight excluding hydrogens is 194 g/mol. The molecule has 4 heteroatoms. The van der Waals surface area contributed by atoms with E-state index in [0.717, 1.165) is 0 Å². The molecule has 1 aromatic carbocycles. The number of esters is 1. The van der Waals surface area contributed by atoms with Crippen LogP contribution in [0.4, 0.5) is 5.69 Å². The van der Waals surface area contributed by atoms with Gasteiger partial charge in [0.05, 0.1) is 18.8 Å². The third-order valence-electron chi connectivity index (χ3n) is 1.72. The Bertz CT molecular complexity index is 361. The fraction of sp³-hybridized carbons (Fsp3) is 0.364. The summed E-state index contributed by atoms with van der Waals surface area (Å²) < 4.78 is 10.0. The van der Waals surface area contributed by atoms with Crippen molar-refractivity contribution in [3.8, 4) is 5.75 Å². The average molecular weight is 209 g/mol. The molecule has 0 bridgehead atoms. The molecule has 0 saturated heterocycles. The zero-order valence-corrected chi connectivity index (χ0v) is 9.11. The molecule has 0 aliphatic heterocycles. The lowest BCUT2D eigenvalue weighted by Gasteiger charge is -2.11. The SMILES string of the molecule is COC(=O)c1cc(N)cc(OC(C)C)c1. The van der Waals surface area contributed by atoms with Crippen LogP contribution in [-0.2, 0) is 4.74 Å². The maximum Gasteiger partial charge on any atom is 0.338 e. The van der Waals surface area contributed by atoms with E-state index in [1.807, 2.05) is 13.8 Å². The van der Waals surface area contributed by atoms with Gasteiger partial charge in [-0.3, -0.25) is 0 Å². The van der Waals surface area contributed by atoms with Crippen LogP contribution in [0.2, 0.25) is 0 Å². The van der Waals surface area contributed by atoms with Crippen molar-refractivity contribution in [2.45, 2.75) is 20.0 Å². The summed E-state index contributed by atoms with van der Waals surface area (Å²) in [4.78, 5) is 11.3. The van der Waals surface area contributed by atoms with E-state index in [0.29, 0.717) is 17.0 Å². The molecule has 1 aromatic rings. The van der Waals surface area contributed by atoms with Gasteiger partial charge in [-0.1, -0.05) is 0 Å². The summed E-state index contributed by atoms with van der Waals surface area (Å²) in [6, 6.07) is 4.84. The smallest absolute Gasteiger partial charge is 0.338 e. The van der Waals surface area contributed by atoms with Crippen LogP contribution < -0.4 is 10.5 Å². The zero-order valence-electron chi connectivity index (χ0n) is 9.11. The lowest BCUT2D eigenvalue weighted by Crippen LogP contribution is -2.08. The van der Waals surface area contributed by atoms with Crippen molar-refractivity contribution < 1.29 is 14.3 Å². The van der Waals surface area contributed by atoms with Crippen LogP contribution in [0.25, 0.3) is 0 Å². The van der Waals surface area contributed by atoms with E-state index < -0.39 is 5.97 Å². The molecular formula is C11H15NO3. The molecule has 0 saturated carbocycles. The van der Waals surface area contributed by atoms with E-state index in [9.17, 15) is 4.79 Å². The second-order valence-corrected chi connectivity index (χ2v) is 3.45. The first-order chi connectivity index (χ1) is 7.02. The third-order valence-corrected chi connectivity index (χ3v) is 1.72. The summed E-state index contributed by atoms with van der Waals surface area (Å²) in [7, 11) is 1.33. The zero-order chi connectivity index (χ0) is 11.4. The summed E-state index contributed by atoms with van der Waals surface area (Å²) in [6.45, 7) is 3.81. The molecule has 0 heterocycles. The summed E-state index contributed by atoms with van der Waals surface area (Å²) in [6.07, 6.45) is 0.0392. The lowest BCUT2D eigenvalue weighted by molar-refractivity contribution is 0.0600. The number of benzene rings is 1. The van der Waals surface area contributed by atoms with Gasteiger partial charge >= 0.3 is 5.97 Å². The largest absolute Gasteiger partial charge is 0.491 e. The van der Waals surface area contributed by atoms with Crippen molar-refractivity contribution in [2.24, 2.45) is 0 Å². The molecule has 0 aliphatic carbocycles. The first kappa shape index (κ1) is 11.4. The fourth-order valence-electron chi connectivity index (χ4n) is 1.20. The van der Waals surface area contributed by atoms with E-state index in [1.165, 1.54) is 7.11 Å². The summed E-state index contributed by atoms with van der Waals surface area (Å²) in [5.41, 5.74) is 6.52. The van der Waals surface area contributed by atoms with Gasteiger partial charge in [0.15, 0.2) is 0 Å². The Labute approximate surface area is 89.0 Å². The van der Waals surface area contributed by atoms with Gasteiger partial charge in [0.1, 0.15) is 5.75 Å². The van der Waals surface area contributed by atoms with Crippen molar-refractivity contribution in [2.75, 3.05) is 12.8 Å². The predicted molar refractivity (Wildman–Crippen MR) is 58.0 cm³/mol. The van der Waals surface area contributed by atoms with Crippen molar-refractivity contribution in [1.29, 1.82) is 0 Å². The predicted octanol–water partition coefficient (Wildman–Crippen LogP) is 1.84. The summed E-state index contributed by atoms with van der Waals surface area (Å²) in [5.74, 6) is 0.154. The van der Waals surface area contributed by atoms with Crippen LogP contribution in [0.1, 0.15) is 24.2 Å². The highest BCUT2D eigenvalue weighted by Gasteiger charge is 2.09. The lowest BCUT2D eigenvalue weighted by atomic mass is 10.2. The van der Waals surface area contributed by atoms with E-state index in [2.05, 4.69) is 4.74 Å². The number of nitrogen functional groups attached to an aromatic ring is 1. The van der Waals surface area contributed by atoms with Gasteiger partial charge in [-0.25, -0.2) is 4.79 Å². The van der Waals surface area contributed by atoms with Crippen molar-refractivity contribution >= 4 is 11.7 Å². The van der Waals surface area contributed by atoms with Gasteiger partial charge in [0.2, 0.25) is 0 Å². The Morgan fingerprint density at radius 3 is 2.53 bits per heavy atom. The summed E-state index contributed by atoms with van der Waals surface area (Å²) in [5, 5.41) is 0. The van der Waals surface area contributed by atoms with E-state index in [-0.39, 0.29) is 6.10 Å². The number of rotatable bonds is 3. The molecule has 0 aromatic heterocycles. The molecule has 0 unspecified atom stereocenters. The number of anilines is 1. The van der Waals surface area contributed by atoms with E-state index in [4.69, 9.17) is 10.5 Å². The minimum absolute atomic E-state index is 0.0392. The highest BCUT2D eigenvalue weighted by Crippen LogP contribution is 2.20. The number of methoxy groups -OCH3 is 1. The Kier molecular flexibility index (Phi) is 3.55. The number of ether oxygens (including phenoxy) is 2. The number of carbonyl (C=O) groups excluding carboxylic acids is 1. The molecule has 0 radical (unpaired) electrons. The topological polar surface area (TPSA) is 61.5 Å². The minimum atomic E-state index is -0.420. The second kappa shape index (κ2) is 4.68. The van der Waals surface area contributed by atoms with Gasteiger partial charge in [-0.15, -0.1) is 0 Å². The molecule has 1 rings (SSSR count). The minimum Gasteiger partial charge on any atom is -0.491 e. The fourth-order valence-corrected chi connectivity index (χ4v) is 1.20. The van der Waals surface area contributed by atoms with Crippen molar-refractivity contribution in [3.05, 3.63) is 23.8 Å². The monoisotopic (exact) mass is 209 g/mol. The normalized spacial score (nSPS) is 10.1. The van der Waals surface area contributed by atoms with Gasteiger partial charge < -0.3 is 15.2 Å². The van der Waals surface area contributed by atoms with Crippen LogP contribution in [-0.4, -0.2) is 19.2 Å². The second-order valence-electron chi connectivity index (χ2n) is 3.45. The number of nitrogens with two attached hydrogens (primary N) is 1. The van der Waals surface area contributed by atoms with Crippen LogP contribution >= 0.6 is 0 Å². The van der Waals surface area contributed by atoms with Gasteiger partial charge in [-0.05, 0) is 26.0 Å². The Morgan fingerprint density at radius 2 is 2.00 bits per heavy atom. The van der Waals surface area contributed by atoms with Crippen LogP contribution in [0, 0.1) is 0 Å². The molecule has 0 spiro atoms. The van der Waals surface area contributed by atoms with E-state index >= 15 is 0 Å². The maximum absolute atomic E-state index is 11.3. The van der Waals surface area contributed by atoms with Crippen LogP contribution in [0.3, 0.4) is 0 Å². The summed E-state index contributed by atoms with van der Waals surface area (Å²) >= 11 is 0. The van der Waals surface area contributed by atoms with Crippen LogP contribution in [0.15, 0.2) is 18.2 Å². The van der Waals surface area contributed by atoms with Gasteiger partial charge in [0, 0.05) is 11.8 Å². The Balaban J connectivity index is 2.99. The molecule has 15 heavy (non-hydrogen) atoms. The quantitative estimate of drug-likeness (QED) is 0.609. The number of hydrogen-bond acceptors (Lipinski definition) is 4. The average Bonchev–Trinajstić information content (AvgIpc) is 2.14. The number of hydrogen-bond donors (Lipinski definition) is 1. The highest BCUT2D eigenvalue weighted by molar-refractivity contribution is 5.90. The molecule has 82 valence electrons. The maximum atomic E-state index is 11.3. The Morgan fingerprint density at radius 1 is 1.33 bits per heavy atom. The molecule has 0 aliphatic rings. The Hall–Kier alpha value is -1.71. The van der Waals surface area contributed by atoms with Gasteiger partial charge in [-0.2, -0.15) is 0 Å². The van der Waals surface area contributed by atoms with Gasteiger partial charge in [0.25, 0.3) is 0 Å². The molecule has 2 N–H and O–H groups in total. The number of carbonyl (C=O) groups is 1. The van der Waals surface area contributed by atoms with E-state index in [1.54, 1.807) is 18.2 Å².